The average Bonchev–Trinajstić information content (AvgIpc) is 4.28. The van der Waals surface area contributed by atoms with Crippen molar-refractivity contribution in [2.24, 2.45) is 0 Å². The van der Waals surface area contributed by atoms with E-state index in [-0.39, 0.29) is 42.1 Å². The number of benzene rings is 4. The third kappa shape index (κ3) is 6.46. The topological polar surface area (TPSA) is 118 Å². The van der Waals surface area contributed by atoms with Crippen LogP contribution < -0.4 is 19.3 Å². The number of rotatable bonds is 6. The van der Waals surface area contributed by atoms with Gasteiger partial charge in [0.05, 0.1) is 10.8 Å². The van der Waals surface area contributed by atoms with E-state index in [1.54, 1.807) is 12.4 Å². The summed E-state index contributed by atoms with van der Waals surface area (Å²) in [4.78, 5) is 17.6. The Morgan fingerprint density at radius 1 is 0.429 bits per heavy atom. The SMILES string of the molecule is C[N+]1=C=[N+](c2[c-]c(C3(c4cc[n-]n4)c4ccncc4-c4cnccc43)ccc2)c2ccccc21.C[N+]1=C=[N+](c2[c-]c(C3(c4cc[n-]n4)c4ccncc4-c4cnccc43)ccc2)c2ccccc21.[Pt+2].[Pt+2]. The number of fused-ring (bicyclic) bond motifs is 8. The molecule has 14 rings (SSSR count). The Hall–Kier alpha value is -7.96. The van der Waals surface area contributed by atoms with E-state index in [2.05, 4.69) is 159 Å². The molecule has 0 saturated heterocycles. The Morgan fingerprint density at radius 3 is 1.13 bits per heavy atom. The van der Waals surface area contributed by atoms with Gasteiger partial charge < -0.3 is 20.4 Å². The van der Waals surface area contributed by atoms with Crippen molar-refractivity contribution >= 4 is 46.1 Å². The van der Waals surface area contributed by atoms with Crippen molar-refractivity contribution in [2.75, 3.05) is 14.1 Å². The fourth-order valence-electron chi connectivity index (χ4n) is 10.7. The number of nitrogens with zero attached hydrogens (tertiary/aromatic N) is 12. The van der Waals surface area contributed by atoms with Crippen molar-refractivity contribution in [3.63, 3.8) is 0 Å². The average molecular weight is 1270 g/mol. The summed E-state index contributed by atoms with van der Waals surface area (Å²) >= 11 is 0. The second-order valence-electron chi connectivity index (χ2n) is 16.9. The molecule has 0 unspecified atom stereocenters. The summed E-state index contributed by atoms with van der Waals surface area (Å²) in [7, 11) is 4.01. The molecule has 12 nitrogen and oxygen atoms in total. The molecule has 10 aromatic rings. The Morgan fingerprint density at radius 2 is 0.786 bits per heavy atom. The van der Waals surface area contributed by atoms with Crippen molar-refractivity contribution in [1.29, 1.82) is 0 Å². The van der Waals surface area contributed by atoms with Gasteiger partial charge in [0.2, 0.25) is 0 Å². The van der Waals surface area contributed by atoms with Crippen LogP contribution in [-0.2, 0) is 53.0 Å². The molecule has 0 N–H and O–H groups in total. The Balaban J connectivity index is 0.000000148. The van der Waals surface area contributed by atoms with Crippen LogP contribution in [0.3, 0.4) is 0 Å². The monoisotopic (exact) mass is 1270 g/mol. The van der Waals surface area contributed by atoms with Crippen LogP contribution in [0.25, 0.3) is 22.3 Å². The van der Waals surface area contributed by atoms with Gasteiger partial charge in [-0.3, -0.25) is 19.9 Å². The molecule has 0 spiro atoms. The smallest absolute Gasteiger partial charge is 0.581 e. The van der Waals surface area contributed by atoms with Gasteiger partial charge in [0.1, 0.15) is 11.4 Å². The molecule has 0 atom stereocenters. The minimum atomic E-state index is -0.672. The van der Waals surface area contributed by atoms with E-state index in [1.807, 2.05) is 109 Å². The summed E-state index contributed by atoms with van der Waals surface area (Å²) in [5, 5.41) is 17.5. The van der Waals surface area contributed by atoms with E-state index in [1.165, 1.54) is 0 Å². The zero-order valence-electron chi connectivity index (χ0n) is 37.3. The molecule has 70 heavy (non-hydrogen) atoms. The quantitative estimate of drug-likeness (QED) is 0.120. The van der Waals surface area contributed by atoms with Crippen LogP contribution in [0.4, 0.5) is 34.1 Å². The van der Waals surface area contributed by atoms with Gasteiger partial charge in [-0.25, -0.2) is 0 Å². The first-order valence-electron chi connectivity index (χ1n) is 22.1. The van der Waals surface area contributed by atoms with E-state index >= 15 is 0 Å². The molecule has 2 aliphatic carbocycles. The minimum absolute atomic E-state index is 0. The van der Waals surface area contributed by atoms with Crippen LogP contribution in [0.5, 0.6) is 0 Å². The van der Waals surface area contributed by atoms with Gasteiger partial charge in [0.25, 0.3) is 22.7 Å². The van der Waals surface area contributed by atoms with E-state index < -0.39 is 10.8 Å². The second-order valence-corrected chi connectivity index (χ2v) is 16.9. The van der Waals surface area contributed by atoms with Crippen molar-refractivity contribution in [3.8, 4) is 22.3 Å². The summed E-state index contributed by atoms with van der Waals surface area (Å²) in [5.41, 5.74) is 17.1. The first-order chi connectivity index (χ1) is 33.6. The van der Waals surface area contributed by atoms with Crippen molar-refractivity contribution in [1.82, 2.24) is 49.5 Å². The molecule has 14 heteroatoms. The molecule has 8 heterocycles. The molecule has 0 saturated carbocycles. The first-order valence-corrected chi connectivity index (χ1v) is 22.1. The molecule has 4 aliphatic rings. The van der Waals surface area contributed by atoms with E-state index in [0.717, 1.165) is 101 Å². The Labute approximate surface area is 431 Å². The summed E-state index contributed by atoms with van der Waals surface area (Å²) in [6, 6.07) is 55.6. The summed E-state index contributed by atoms with van der Waals surface area (Å²) in [6.45, 7) is 0. The maximum atomic E-state index is 4.57. The summed E-state index contributed by atoms with van der Waals surface area (Å²) in [6.07, 6.45) is 18.5. The maximum Gasteiger partial charge on any atom is 2.00 e. The van der Waals surface area contributed by atoms with Crippen LogP contribution in [0.2, 0.25) is 0 Å². The maximum absolute atomic E-state index is 4.57. The van der Waals surface area contributed by atoms with Crippen LogP contribution in [0.1, 0.15) is 44.8 Å². The molecular weight excluding hydrogens is 1230 g/mol. The van der Waals surface area contributed by atoms with Crippen molar-refractivity contribution in [3.05, 3.63) is 240 Å². The van der Waals surface area contributed by atoms with E-state index in [4.69, 9.17) is 0 Å². The van der Waals surface area contributed by atoms with Gasteiger partial charge >= 0.3 is 54.1 Å². The third-order valence-electron chi connectivity index (χ3n) is 13.5. The number of aromatic nitrogens is 8. The Kier molecular flexibility index (Phi) is 11.2. The number of hydrogen-bond acceptors (Lipinski definition) is 6. The van der Waals surface area contributed by atoms with Gasteiger partial charge in [-0.15, -0.1) is 23.3 Å². The summed E-state index contributed by atoms with van der Waals surface area (Å²) in [5.74, 6) is 0. The zero-order valence-corrected chi connectivity index (χ0v) is 41.9. The van der Waals surface area contributed by atoms with Gasteiger partial charge in [-0.05, 0) is 46.5 Å². The largest absolute Gasteiger partial charge is 2.00 e. The molecule has 4 aromatic carbocycles. The minimum Gasteiger partial charge on any atom is -0.581 e. The molecular formula is C56H36N12Pt2+4. The van der Waals surface area contributed by atoms with Gasteiger partial charge in [0.15, 0.2) is 14.1 Å². The first kappa shape index (κ1) is 44.5. The van der Waals surface area contributed by atoms with Gasteiger partial charge in [-0.2, -0.15) is 36.7 Å². The van der Waals surface area contributed by atoms with Crippen molar-refractivity contribution in [2.45, 2.75) is 10.8 Å². The second kappa shape index (κ2) is 17.5. The van der Waals surface area contributed by atoms with Crippen molar-refractivity contribution < 1.29 is 51.3 Å². The molecule has 2 aliphatic heterocycles. The zero-order chi connectivity index (χ0) is 45.4. The molecule has 336 valence electrons. The third-order valence-corrected chi connectivity index (χ3v) is 13.5. The number of pyridine rings is 4. The molecule has 0 amide bonds. The van der Waals surface area contributed by atoms with Crippen LogP contribution in [0.15, 0.2) is 183 Å². The molecule has 0 fully saturated rings. The molecule has 0 bridgehead atoms. The number of para-hydroxylation sites is 4. The molecule has 0 radical (unpaired) electrons. The molecule has 6 aromatic heterocycles. The van der Waals surface area contributed by atoms with Crippen LogP contribution in [-0.4, -0.2) is 65.4 Å². The van der Waals surface area contributed by atoms with Crippen LogP contribution >= 0.6 is 0 Å². The van der Waals surface area contributed by atoms with Gasteiger partial charge in [0, 0.05) is 107 Å². The summed E-state index contributed by atoms with van der Waals surface area (Å²) < 4.78 is 8.12. The predicted molar refractivity (Wildman–Crippen MR) is 256 cm³/mol. The van der Waals surface area contributed by atoms with E-state index in [9.17, 15) is 0 Å². The predicted octanol–water partition coefficient (Wildman–Crippen LogP) is 8.57. The normalized spacial score (nSPS) is 14.3. The Bertz CT molecular complexity index is 3490. The van der Waals surface area contributed by atoms with Gasteiger partial charge in [-0.1, -0.05) is 66.8 Å². The van der Waals surface area contributed by atoms with E-state index in [0.29, 0.717) is 0 Å². The fourth-order valence-corrected chi connectivity index (χ4v) is 10.7. The standard InChI is InChI=1S/2C28H18N6.2Pt/c2*1-33-18-34(26-8-3-2-7-25(26)33)20-6-4-5-19(15-20)28(27-11-14-31-32-27)23-9-12-29-16-21(23)22-17-30-13-10-24(22)28;;/h2*2-14,16-17H,1H3;;/q;;2*+2. The number of hydrogen-bond donors (Lipinski definition) is 0. The van der Waals surface area contributed by atoms with Crippen LogP contribution in [0, 0.1) is 12.1 Å². The fraction of sp³-hybridized carbons (Fsp3) is 0.0714.